The fraction of sp³-hybridized carbons (Fsp3) is 0.538. The first-order valence-electron chi connectivity index (χ1n) is 5.62. The quantitative estimate of drug-likeness (QED) is 0.829. The first kappa shape index (κ1) is 13.9. The maximum atomic E-state index is 13.4. The third-order valence-corrected chi connectivity index (χ3v) is 3.01. The highest BCUT2D eigenvalue weighted by Crippen LogP contribution is 2.18. The van der Waals surface area contributed by atoms with Crippen molar-refractivity contribution in [1.29, 1.82) is 0 Å². The summed E-state index contributed by atoms with van der Waals surface area (Å²) in [6, 6.07) is 4.83. The van der Waals surface area contributed by atoms with Gasteiger partial charge in [0.15, 0.2) is 11.6 Å². The molecule has 0 saturated carbocycles. The highest BCUT2D eigenvalue weighted by molar-refractivity contribution is 5.29. The molecule has 0 amide bonds. The number of aliphatic hydroxyl groups excluding tert-OH is 1. The van der Waals surface area contributed by atoms with E-state index in [0.29, 0.717) is 6.54 Å². The van der Waals surface area contributed by atoms with Gasteiger partial charge in [0.2, 0.25) is 0 Å². The Hall–Kier alpha value is -1.13. The lowest BCUT2D eigenvalue weighted by atomic mass is 9.98. The molecule has 0 fully saturated rings. The number of rotatable bonds is 5. The van der Waals surface area contributed by atoms with Crippen molar-refractivity contribution in [2.45, 2.75) is 39.0 Å². The zero-order chi connectivity index (χ0) is 13.1. The predicted octanol–water partition coefficient (Wildman–Crippen LogP) is 2.08. The number of hydrogen-bond donors (Lipinski definition) is 2. The Morgan fingerprint density at radius 2 is 2.12 bits per heavy atom. The summed E-state index contributed by atoms with van der Waals surface area (Å²) < 4.78 is 18.3. The van der Waals surface area contributed by atoms with E-state index in [1.54, 1.807) is 19.1 Å². The monoisotopic (exact) mass is 241 g/mol. The van der Waals surface area contributed by atoms with Crippen LogP contribution in [0.1, 0.15) is 26.3 Å². The molecule has 0 radical (unpaired) electrons. The fourth-order valence-electron chi connectivity index (χ4n) is 1.30. The Bertz CT molecular complexity index is 378. The minimum absolute atomic E-state index is 0.239. The molecule has 0 aromatic heterocycles. The fourth-order valence-corrected chi connectivity index (χ4v) is 1.30. The summed E-state index contributed by atoms with van der Waals surface area (Å²) in [6.45, 7) is 6.02. The van der Waals surface area contributed by atoms with Crippen LogP contribution in [-0.4, -0.2) is 23.9 Å². The third-order valence-electron chi connectivity index (χ3n) is 3.01. The van der Waals surface area contributed by atoms with Crippen LogP contribution in [-0.2, 0) is 6.54 Å². The maximum absolute atomic E-state index is 13.4. The van der Waals surface area contributed by atoms with Gasteiger partial charge in [0, 0.05) is 12.1 Å². The molecule has 0 bridgehead atoms. The molecule has 1 atom stereocenters. The zero-order valence-corrected chi connectivity index (χ0v) is 10.7. The molecular weight excluding hydrogens is 221 g/mol. The number of benzene rings is 1. The largest absolute Gasteiger partial charge is 0.494 e. The Morgan fingerprint density at radius 3 is 2.59 bits per heavy atom. The topological polar surface area (TPSA) is 41.5 Å². The van der Waals surface area contributed by atoms with Crippen LogP contribution in [0.2, 0.25) is 0 Å². The Labute approximate surface area is 102 Å². The van der Waals surface area contributed by atoms with Crippen molar-refractivity contribution in [2.75, 3.05) is 7.11 Å². The van der Waals surface area contributed by atoms with E-state index in [9.17, 15) is 9.50 Å². The van der Waals surface area contributed by atoms with E-state index in [1.165, 1.54) is 13.2 Å². The van der Waals surface area contributed by atoms with Crippen LogP contribution in [0.25, 0.3) is 0 Å². The van der Waals surface area contributed by atoms with Crippen molar-refractivity contribution >= 4 is 0 Å². The van der Waals surface area contributed by atoms with Gasteiger partial charge in [-0.05, 0) is 38.5 Å². The Morgan fingerprint density at radius 1 is 1.47 bits per heavy atom. The van der Waals surface area contributed by atoms with Gasteiger partial charge in [-0.3, -0.25) is 0 Å². The van der Waals surface area contributed by atoms with Gasteiger partial charge in [0.1, 0.15) is 0 Å². The lowest BCUT2D eigenvalue weighted by molar-refractivity contribution is 0.0956. The summed E-state index contributed by atoms with van der Waals surface area (Å²) in [5, 5.41) is 12.7. The average Bonchev–Trinajstić information content (AvgIpc) is 2.26. The first-order valence-corrected chi connectivity index (χ1v) is 5.62. The van der Waals surface area contributed by atoms with Crippen LogP contribution in [0.4, 0.5) is 4.39 Å². The molecule has 0 aliphatic heterocycles. The number of methoxy groups -OCH3 is 1. The van der Waals surface area contributed by atoms with Crippen molar-refractivity contribution < 1.29 is 14.2 Å². The molecule has 0 saturated heterocycles. The standard InChI is InChI=1S/C13H20FNO2/c1-9(16)13(2,3)15-8-10-5-6-12(17-4)11(14)7-10/h5-7,9,15-16H,8H2,1-4H3. The van der Waals surface area contributed by atoms with Gasteiger partial charge in [-0.25, -0.2) is 4.39 Å². The molecule has 3 nitrogen and oxygen atoms in total. The van der Waals surface area contributed by atoms with Gasteiger partial charge in [-0.15, -0.1) is 0 Å². The zero-order valence-electron chi connectivity index (χ0n) is 10.7. The summed E-state index contributed by atoms with van der Waals surface area (Å²) >= 11 is 0. The number of ether oxygens (including phenoxy) is 1. The molecule has 0 heterocycles. The van der Waals surface area contributed by atoms with E-state index < -0.39 is 11.6 Å². The Balaban J connectivity index is 2.67. The molecule has 17 heavy (non-hydrogen) atoms. The number of hydrogen-bond acceptors (Lipinski definition) is 3. The molecule has 4 heteroatoms. The second kappa shape index (κ2) is 5.47. The summed E-state index contributed by atoms with van der Waals surface area (Å²) in [5.74, 6) is -0.134. The lowest BCUT2D eigenvalue weighted by Crippen LogP contribution is -2.47. The van der Waals surface area contributed by atoms with Gasteiger partial charge in [0.25, 0.3) is 0 Å². The van der Waals surface area contributed by atoms with Gasteiger partial charge in [-0.1, -0.05) is 6.07 Å². The van der Waals surface area contributed by atoms with E-state index in [4.69, 9.17) is 4.74 Å². The molecule has 96 valence electrons. The molecule has 1 unspecified atom stereocenters. The minimum atomic E-state index is -0.481. The predicted molar refractivity (Wildman–Crippen MR) is 65.6 cm³/mol. The molecule has 1 rings (SSSR count). The van der Waals surface area contributed by atoms with Gasteiger partial charge in [0.05, 0.1) is 13.2 Å². The van der Waals surface area contributed by atoms with E-state index in [0.717, 1.165) is 5.56 Å². The SMILES string of the molecule is COc1ccc(CNC(C)(C)C(C)O)cc1F. The molecule has 1 aromatic rings. The van der Waals surface area contributed by atoms with E-state index in [1.807, 2.05) is 13.8 Å². The number of halogens is 1. The third kappa shape index (κ3) is 3.68. The average molecular weight is 241 g/mol. The normalized spacial score (nSPS) is 13.5. The minimum Gasteiger partial charge on any atom is -0.494 e. The van der Waals surface area contributed by atoms with Crippen molar-refractivity contribution in [3.8, 4) is 5.75 Å². The highest BCUT2D eigenvalue weighted by Gasteiger charge is 2.22. The molecule has 2 N–H and O–H groups in total. The molecular formula is C13H20FNO2. The summed E-state index contributed by atoms with van der Waals surface area (Å²) in [4.78, 5) is 0. The maximum Gasteiger partial charge on any atom is 0.165 e. The summed E-state index contributed by atoms with van der Waals surface area (Å²) in [6.07, 6.45) is -0.481. The van der Waals surface area contributed by atoms with Crippen molar-refractivity contribution in [2.24, 2.45) is 0 Å². The van der Waals surface area contributed by atoms with Crippen LogP contribution >= 0.6 is 0 Å². The molecule has 1 aromatic carbocycles. The van der Waals surface area contributed by atoms with Crippen LogP contribution in [0, 0.1) is 5.82 Å². The van der Waals surface area contributed by atoms with Crippen molar-refractivity contribution in [3.05, 3.63) is 29.6 Å². The van der Waals surface area contributed by atoms with Gasteiger partial charge < -0.3 is 15.2 Å². The number of nitrogens with one attached hydrogen (secondary N) is 1. The summed E-state index contributed by atoms with van der Waals surface area (Å²) in [5.41, 5.74) is 0.410. The molecule has 0 aliphatic carbocycles. The van der Waals surface area contributed by atoms with E-state index in [-0.39, 0.29) is 11.6 Å². The van der Waals surface area contributed by atoms with Crippen LogP contribution in [0.15, 0.2) is 18.2 Å². The highest BCUT2D eigenvalue weighted by atomic mass is 19.1. The second-order valence-corrected chi connectivity index (χ2v) is 4.72. The van der Waals surface area contributed by atoms with Gasteiger partial charge in [-0.2, -0.15) is 0 Å². The lowest BCUT2D eigenvalue weighted by Gasteiger charge is -2.29. The second-order valence-electron chi connectivity index (χ2n) is 4.72. The van der Waals surface area contributed by atoms with Crippen molar-refractivity contribution in [1.82, 2.24) is 5.32 Å². The van der Waals surface area contributed by atoms with E-state index in [2.05, 4.69) is 5.32 Å². The number of aliphatic hydroxyl groups is 1. The van der Waals surface area contributed by atoms with Crippen LogP contribution in [0.5, 0.6) is 5.75 Å². The van der Waals surface area contributed by atoms with Crippen molar-refractivity contribution in [3.63, 3.8) is 0 Å². The summed E-state index contributed by atoms with van der Waals surface area (Å²) in [7, 11) is 1.44. The Kier molecular flexibility index (Phi) is 4.48. The van der Waals surface area contributed by atoms with Gasteiger partial charge >= 0.3 is 0 Å². The van der Waals surface area contributed by atoms with Crippen LogP contribution in [0.3, 0.4) is 0 Å². The molecule has 0 spiro atoms. The van der Waals surface area contributed by atoms with Crippen LogP contribution < -0.4 is 10.1 Å². The first-order chi connectivity index (χ1) is 7.86. The van der Waals surface area contributed by atoms with E-state index >= 15 is 0 Å². The molecule has 0 aliphatic rings. The smallest absolute Gasteiger partial charge is 0.165 e.